The molecule has 128 valence electrons. The molecule has 1 aliphatic heterocycles. The van der Waals surface area contributed by atoms with Crippen LogP contribution in [0.3, 0.4) is 0 Å². The van der Waals surface area contributed by atoms with Crippen molar-refractivity contribution >= 4 is 27.5 Å². The summed E-state index contributed by atoms with van der Waals surface area (Å²) in [6.45, 7) is 1.76. The topological polar surface area (TPSA) is 118 Å². The molecule has 10 heteroatoms. The van der Waals surface area contributed by atoms with Crippen LogP contribution in [-0.4, -0.2) is 58.9 Å². The first-order chi connectivity index (χ1) is 11.3. The number of sulfone groups is 1. The molecule has 1 amide bonds. The van der Waals surface area contributed by atoms with Crippen LogP contribution in [0.4, 0.5) is 11.8 Å². The molecule has 1 unspecified atom stereocenters. The standard InChI is InChI=1S/C14H17N5O4S/c1-9-5-12(18-23-9)17-14-15-6-10(7-16-14)13(20)19(2)11-3-4-24(21,22)8-11/h5-7,11H,3-4,8H2,1-2H3,(H,15,16,17,18). The Kier molecular flexibility index (Phi) is 4.22. The number of hydrogen-bond acceptors (Lipinski definition) is 8. The van der Waals surface area contributed by atoms with Crippen molar-refractivity contribution in [1.29, 1.82) is 0 Å². The number of anilines is 2. The zero-order valence-corrected chi connectivity index (χ0v) is 14.1. The lowest BCUT2D eigenvalue weighted by Crippen LogP contribution is -2.37. The van der Waals surface area contributed by atoms with Crippen molar-refractivity contribution in [3.8, 4) is 0 Å². The summed E-state index contributed by atoms with van der Waals surface area (Å²) < 4.78 is 28.0. The Morgan fingerprint density at radius 2 is 2.08 bits per heavy atom. The molecule has 0 bridgehead atoms. The highest BCUT2D eigenvalue weighted by Gasteiger charge is 2.33. The molecule has 1 saturated heterocycles. The second-order valence-corrected chi connectivity index (χ2v) is 7.94. The van der Waals surface area contributed by atoms with Gasteiger partial charge in [-0.25, -0.2) is 18.4 Å². The largest absolute Gasteiger partial charge is 0.360 e. The van der Waals surface area contributed by atoms with Gasteiger partial charge in [-0.05, 0) is 13.3 Å². The number of nitrogens with one attached hydrogen (secondary N) is 1. The van der Waals surface area contributed by atoms with Crippen molar-refractivity contribution in [1.82, 2.24) is 20.0 Å². The van der Waals surface area contributed by atoms with E-state index >= 15 is 0 Å². The fourth-order valence-electron chi connectivity index (χ4n) is 2.49. The fourth-order valence-corrected chi connectivity index (χ4v) is 4.27. The van der Waals surface area contributed by atoms with Crippen molar-refractivity contribution in [2.24, 2.45) is 0 Å². The van der Waals surface area contributed by atoms with Crippen LogP contribution >= 0.6 is 0 Å². The van der Waals surface area contributed by atoms with E-state index in [0.717, 1.165) is 0 Å². The van der Waals surface area contributed by atoms with Gasteiger partial charge in [-0.3, -0.25) is 4.79 Å². The number of carbonyl (C=O) groups is 1. The van der Waals surface area contributed by atoms with Gasteiger partial charge >= 0.3 is 0 Å². The first-order valence-corrected chi connectivity index (χ1v) is 9.16. The van der Waals surface area contributed by atoms with Crippen LogP contribution < -0.4 is 5.32 Å². The molecule has 3 heterocycles. The van der Waals surface area contributed by atoms with Gasteiger partial charge < -0.3 is 14.7 Å². The quantitative estimate of drug-likeness (QED) is 0.858. The lowest BCUT2D eigenvalue weighted by Gasteiger charge is -2.23. The van der Waals surface area contributed by atoms with Gasteiger partial charge in [0.1, 0.15) is 5.76 Å². The molecule has 1 N–H and O–H groups in total. The van der Waals surface area contributed by atoms with Crippen LogP contribution in [0.15, 0.2) is 23.0 Å². The summed E-state index contributed by atoms with van der Waals surface area (Å²) in [7, 11) is -1.45. The van der Waals surface area contributed by atoms with E-state index in [2.05, 4.69) is 20.4 Å². The van der Waals surface area contributed by atoms with Crippen LogP contribution in [0.5, 0.6) is 0 Å². The fraction of sp³-hybridized carbons (Fsp3) is 0.429. The van der Waals surface area contributed by atoms with Crippen molar-refractivity contribution in [2.75, 3.05) is 23.9 Å². The molecule has 1 aliphatic rings. The molecule has 9 nitrogen and oxygen atoms in total. The number of carbonyl (C=O) groups excluding carboxylic acids is 1. The smallest absolute Gasteiger partial charge is 0.257 e. The Morgan fingerprint density at radius 1 is 1.38 bits per heavy atom. The molecule has 1 fully saturated rings. The third-order valence-corrected chi connectivity index (χ3v) is 5.59. The molecule has 2 aromatic heterocycles. The zero-order chi connectivity index (χ0) is 17.3. The molecule has 24 heavy (non-hydrogen) atoms. The van der Waals surface area contributed by atoms with E-state index in [4.69, 9.17) is 4.52 Å². The van der Waals surface area contributed by atoms with E-state index < -0.39 is 9.84 Å². The van der Waals surface area contributed by atoms with Crippen LogP contribution in [0.25, 0.3) is 0 Å². The number of aryl methyl sites for hydroxylation is 1. The van der Waals surface area contributed by atoms with Gasteiger partial charge in [0.2, 0.25) is 5.95 Å². The molecule has 0 saturated carbocycles. The van der Waals surface area contributed by atoms with E-state index in [0.29, 0.717) is 23.6 Å². The second kappa shape index (κ2) is 6.19. The van der Waals surface area contributed by atoms with Gasteiger partial charge in [-0.2, -0.15) is 0 Å². The third-order valence-electron chi connectivity index (χ3n) is 3.84. The first-order valence-electron chi connectivity index (χ1n) is 7.34. The lowest BCUT2D eigenvalue weighted by atomic mass is 10.2. The average Bonchev–Trinajstić information content (AvgIpc) is 3.12. The van der Waals surface area contributed by atoms with Crippen LogP contribution in [0.1, 0.15) is 22.5 Å². The number of hydrogen-bond donors (Lipinski definition) is 1. The van der Waals surface area contributed by atoms with Gasteiger partial charge in [-0.1, -0.05) is 5.16 Å². The number of nitrogens with zero attached hydrogens (tertiary/aromatic N) is 4. The Morgan fingerprint density at radius 3 is 2.62 bits per heavy atom. The summed E-state index contributed by atoms with van der Waals surface area (Å²) in [5.74, 6) is 1.22. The van der Waals surface area contributed by atoms with E-state index in [-0.39, 0.29) is 29.4 Å². The highest BCUT2D eigenvalue weighted by molar-refractivity contribution is 7.91. The molecular formula is C14H17N5O4S. The number of amides is 1. The Labute approximate surface area is 139 Å². The molecule has 0 aliphatic carbocycles. The molecule has 0 radical (unpaired) electrons. The predicted octanol–water partition coefficient (Wildman–Crippen LogP) is 0.776. The third kappa shape index (κ3) is 3.53. The Bertz CT molecular complexity index is 846. The molecular weight excluding hydrogens is 334 g/mol. The van der Waals surface area contributed by atoms with Crippen molar-refractivity contribution < 1.29 is 17.7 Å². The van der Waals surface area contributed by atoms with Gasteiger partial charge in [0, 0.05) is 31.5 Å². The van der Waals surface area contributed by atoms with Crippen molar-refractivity contribution in [2.45, 2.75) is 19.4 Å². The minimum Gasteiger partial charge on any atom is -0.360 e. The summed E-state index contributed by atoms with van der Waals surface area (Å²) in [5, 5.41) is 6.62. The van der Waals surface area contributed by atoms with Gasteiger partial charge in [0.25, 0.3) is 5.91 Å². The highest BCUT2D eigenvalue weighted by atomic mass is 32.2. The zero-order valence-electron chi connectivity index (χ0n) is 13.3. The highest BCUT2D eigenvalue weighted by Crippen LogP contribution is 2.18. The number of rotatable bonds is 4. The predicted molar refractivity (Wildman–Crippen MR) is 85.7 cm³/mol. The lowest BCUT2D eigenvalue weighted by molar-refractivity contribution is 0.0747. The summed E-state index contributed by atoms with van der Waals surface area (Å²) >= 11 is 0. The maximum Gasteiger partial charge on any atom is 0.257 e. The normalized spacial score (nSPS) is 19.2. The summed E-state index contributed by atoms with van der Waals surface area (Å²) in [6.07, 6.45) is 3.24. The van der Waals surface area contributed by atoms with Crippen LogP contribution in [0.2, 0.25) is 0 Å². The molecule has 0 spiro atoms. The van der Waals surface area contributed by atoms with E-state index in [1.54, 1.807) is 20.0 Å². The van der Waals surface area contributed by atoms with E-state index in [1.807, 2.05) is 0 Å². The maximum atomic E-state index is 12.4. The Balaban J connectivity index is 1.67. The van der Waals surface area contributed by atoms with Crippen molar-refractivity contribution in [3.05, 3.63) is 29.8 Å². The van der Waals surface area contributed by atoms with E-state index in [9.17, 15) is 13.2 Å². The molecule has 2 aromatic rings. The van der Waals surface area contributed by atoms with Gasteiger partial charge in [-0.15, -0.1) is 0 Å². The average molecular weight is 351 g/mol. The minimum absolute atomic E-state index is 0.00124. The van der Waals surface area contributed by atoms with Gasteiger partial charge in [0.05, 0.1) is 17.1 Å². The summed E-state index contributed by atoms with van der Waals surface area (Å²) in [4.78, 5) is 22.0. The summed E-state index contributed by atoms with van der Waals surface area (Å²) in [5.41, 5.74) is 0.295. The molecule has 0 aromatic carbocycles. The van der Waals surface area contributed by atoms with Crippen LogP contribution in [-0.2, 0) is 9.84 Å². The molecule has 1 atom stereocenters. The second-order valence-electron chi connectivity index (χ2n) is 5.72. The van der Waals surface area contributed by atoms with Gasteiger partial charge in [0.15, 0.2) is 15.7 Å². The summed E-state index contributed by atoms with van der Waals surface area (Å²) in [6, 6.07) is 1.38. The number of aromatic nitrogens is 3. The van der Waals surface area contributed by atoms with Crippen molar-refractivity contribution in [3.63, 3.8) is 0 Å². The SMILES string of the molecule is Cc1cc(Nc2ncc(C(=O)N(C)C3CCS(=O)(=O)C3)cn2)no1. The first kappa shape index (κ1) is 16.4. The molecule has 3 rings (SSSR count). The Hall–Kier alpha value is -2.49. The minimum atomic E-state index is -3.05. The monoisotopic (exact) mass is 351 g/mol. The van der Waals surface area contributed by atoms with Crippen LogP contribution in [0, 0.1) is 6.92 Å². The maximum absolute atomic E-state index is 12.4. The van der Waals surface area contributed by atoms with E-state index in [1.165, 1.54) is 17.3 Å².